The molecule has 0 bridgehead atoms. The van der Waals surface area contributed by atoms with Crippen LogP contribution < -0.4 is 5.32 Å². The summed E-state index contributed by atoms with van der Waals surface area (Å²) in [5.74, 6) is -1.14. The van der Waals surface area contributed by atoms with Crippen molar-refractivity contribution >= 4 is 33.5 Å². The summed E-state index contributed by atoms with van der Waals surface area (Å²) in [5.41, 5.74) is 2.81. The van der Waals surface area contributed by atoms with Crippen LogP contribution in [0.5, 0.6) is 0 Å². The molecule has 0 saturated carbocycles. The number of carboxylic acids is 1. The highest BCUT2D eigenvalue weighted by atomic mass is 79.9. The predicted octanol–water partition coefficient (Wildman–Crippen LogP) is 3.64. The molecule has 0 aliphatic heterocycles. The second kappa shape index (κ2) is 6.54. The van der Waals surface area contributed by atoms with Crippen molar-refractivity contribution in [3.63, 3.8) is 0 Å². The molecule has 0 unspecified atom stereocenters. The van der Waals surface area contributed by atoms with Gasteiger partial charge in [-0.25, -0.2) is 0 Å². The van der Waals surface area contributed by atoms with Gasteiger partial charge in [0, 0.05) is 10.2 Å². The summed E-state index contributed by atoms with van der Waals surface area (Å²) in [6, 6.07) is 12.3. The molecular formula is C16H14BrNO3. The zero-order chi connectivity index (χ0) is 15.4. The summed E-state index contributed by atoms with van der Waals surface area (Å²) in [7, 11) is 0. The van der Waals surface area contributed by atoms with Crippen LogP contribution in [0.4, 0.5) is 5.69 Å². The van der Waals surface area contributed by atoms with Crippen LogP contribution in [0.25, 0.3) is 0 Å². The van der Waals surface area contributed by atoms with Gasteiger partial charge in [-0.3, -0.25) is 9.59 Å². The number of aliphatic carboxylic acids is 1. The average Bonchev–Trinajstić information content (AvgIpc) is 2.37. The summed E-state index contributed by atoms with van der Waals surface area (Å²) in [6.07, 6.45) is -0.0715. The van der Waals surface area contributed by atoms with Crippen LogP contribution in [-0.2, 0) is 11.2 Å². The normalized spacial score (nSPS) is 10.2. The van der Waals surface area contributed by atoms with Crippen molar-refractivity contribution in [3.8, 4) is 0 Å². The highest BCUT2D eigenvalue weighted by Gasteiger charge is 2.11. The molecule has 0 heterocycles. The van der Waals surface area contributed by atoms with E-state index >= 15 is 0 Å². The van der Waals surface area contributed by atoms with Crippen molar-refractivity contribution in [2.75, 3.05) is 5.32 Å². The number of benzene rings is 2. The predicted molar refractivity (Wildman–Crippen MR) is 84.6 cm³/mol. The van der Waals surface area contributed by atoms with Crippen molar-refractivity contribution in [3.05, 3.63) is 63.6 Å². The third-order valence-corrected chi connectivity index (χ3v) is 3.57. The van der Waals surface area contributed by atoms with Gasteiger partial charge in [-0.15, -0.1) is 0 Å². The van der Waals surface area contributed by atoms with Crippen molar-refractivity contribution in [1.82, 2.24) is 0 Å². The smallest absolute Gasteiger partial charge is 0.307 e. The second-order valence-corrected chi connectivity index (χ2v) is 5.56. The molecule has 2 aromatic carbocycles. The average molecular weight is 348 g/mol. The molecule has 0 atom stereocenters. The van der Waals surface area contributed by atoms with E-state index in [4.69, 9.17) is 5.11 Å². The fourth-order valence-electron chi connectivity index (χ4n) is 1.94. The van der Waals surface area contributed by atoms with Crippen LogP contribution in [0.3, 0.4) is 0 Å². The van der Waals surface area contributed by atoms with Gasteiger partial charge in [0.15, 0.2) is 0 Å². The number of carbonyl (C=O) groups excluding carboxylic acids is 1. The maximum absolute atomic E-state index is 12.2. The fraction of sp³-hybridized carbons (Fsp3) is 0.125. The van der Waals surface area contributed by atoms with E-state index in [9.17, 15) is 9.59 Å². The Labute approximate surface area is 130 Å². The molecule has 0 aliphatic rings. The van der Waals surface area contributed by atoms with E-state index in [2.05, 4.69) is 21.2 Å². The Hall–Kier alpha value is -2.14. The van der Waals surface area contributed by atoms with Crippen LogP contribution in [0.1, 0.15) is 21.5 Å². The molecular weight excluding hydrogens is 334 g/mol. The summed E-state index contributed by atoms with van der Waals surface area (Å²) in [5, 5.41) is 11.6. The number of amides is 1. The molecule has 108 valence electrons. The lowest BCUT2D eigenvalue weighted by Crippen LogP contribution is -2.13. The first-order valence-corrected chi connectivity index (χ1v) is 7.13. The van der Waals surface area contributed by atoms with Crippen LogP contribution in [0.15, 0.2) is 46.9 Å². The summed E-state index contributed by atoms with van der Waals surface area (Å²) < 4.78 is 0.724. The number of hydrogen-bond donors (Lipinski definition) is 2. The van der Waals surface area contributed by atoms with Gasteiger partial charge in [0.1, 0.15) is 0 Å². The Morgan fingerprint density at radius 2 is 1.95 bits per heavy atom. The number of halogens is 1. The minimum absolute atomic E-state index is 0.0715. The molecule has 4 nitrogen and oxygen atoms in total. The Morgan fingerprint density at radius 1 is 1.19 bits per heavy atom. The van der Waals surface area contributed by atoms with Crippen molar-refractivity contribution < 1.29 is 14.7 Å². The summed E-state index contributed by atoms with van der Waals surface area (Å²) in [6.45, 7) is 1.95. The lowest BCUT2D eigenvalue weighted by molar-refractivity contribution is -0.136. The van der Waals surface area contributed by atoms with E-state index in [-0.39, 0.29) is 12.3 Å². The number of anilines is 1. The zero-order valence-corrected chi connectivity index (χ0v) is 13.0. The quantitative estimate of drug-likeness (QED) is 0.887. The Kier molecular flexibility index (Phi) is 4.75. The molecule has 0 aromatic heterocycles. The number of nitrogens with one attached hydrogen (secondary N) is 1. The minimum Gasteiger partial charge on any atom is -0.481 e. The topological polar surface area (TPSA) is 66.4 Å². The third kappa shape index (κ3) is 4.16. The maximum atomic E-state index is 12.2. The van der Waals surface area contributed by atoms with Gasteiger partial charge in [-0.1, -0.05) is 18.2 Å². The molecule has 0 radical (unpaired) electrons. The molecule has 0 spiro atoms. The number of carbonyl (C=O) groups is 2. The molecule has 1 amide bonds. The standard InChI is InChI=1S/C16H14BrNO3/c1-10-5-6-13(14(17)7-10)16(21)18-12-4-2-3-11(8-12)9-15(19)20/h2-8H,9H2,1H3,(H,18,21)(H,19,20). The molecule has 0 saturated heterocycles. The molecule has 2 aromatic rings. The van der Waals surface area contributed by atoms with Crippen LogP contribution >= 0.6 is 15.9 Å². The van der Waals surface area contributed by atoms with E-state index in [0.717, 1.165) is 10.0 Å². The molecule has 2 N–H and O–H groups in total. The summed E-state index contributed by atoms with van der Waals surface area (Å²) >= 11 is 3.37. The Morgan fingerprint density at radius 3 is 2.62 bits per heavy atom. The van der Waals surface area contributed by atoms with Gasteiger partial charge in [-0.2, -0.15) is 0 Å². The molecule has 0 aliphatic carbocycles. The highest BCUT2D eigenvalue weighted by molar-refractivity contribution is 9.10. The van der Waals surface area contributed by atoms with E-state index in [1.807, 2.05) is 19.1 Å². The molecule has 2 rings (SSSR count). The van der Waals surface area contributed by atoms with Crippen LogP contribution in [0.2, 0.25) is 0 Å². The van der Waals surface area contributed by atoms with Gasteiger partial charge in [0.05, 0.1) is 12.0 Å². The van der Waals surface area contributed by atoms with E-state index in [1.165, 1.54) is 0 Å². The lowest BCUT2D eigenvalue weighted by atomic mass is 10.1. The van der Waals surface area contributed by atoms with Crippen LogP contribution in [0, 0.1) is 6.92 Å². The minimum atomic E-state index is -0.903. The first kappa shape index (κ1) is 15.3. The van der Waals surface area contributed by atoms with Gasteiger partial charge < -0.3 is 10.4 Å². The first-order chi connectivity index (χ1) is 9.95. The van der Waals surface area contributed by atoms with Crippen molar-refractivity contribution in [2.45, 2.75) is 13.3 Å². The van der Waals surface area contributed by atoms with Crippen LogP contribution in [-0.4, -0.2) is 17.0 Å². The van der Waals surface area contributed by atoms with E-state index < -0.39 is 5.97 Å². The maximum Gasteiger partial charge on any atom is 0.307 e. The Balaban J connectivity index is 2.17. The number of hydrogen-bond acceptors (Lipinski definition) is 2. The monoisotopic (exact) mass is 347 g/mol. The highest BCUT2D eigenvalue weighted by Crippen LogP contribution is 2.20. The lowest BCUT2D eigenvalue weighted by Gasteiger charge is -2.08. The fourth-order valence-corrected chi connectivity index (χ4v) is 2.61. The SMILES string of the molecule is Cc1ccc(C(=O)Nc2cccc(CC(=O)O)c2)c(Br)c1. The van der Waals surface area contributed by atoms with Crippen molar-refractivity contribution in [2.24, 2.45) is 0 Å². The number of rotatable bonds is 4. The van der Waals surface area contributed by atoms with Gasteiger partial charge in [-0.05, 0) is 58.2 Å². The third-order valence-electron chi connectivity index (χ3n) is 2.91. The van der Waals surface area contributed by atoms with Gasteiger partial charge in [0.25, 0.3) is 5.91 Å². The first-order valence-electron chi connectivity index (χ1n) is 6.34. The largest absolute Gasteiger partial charge is 0.481 e. The number of aryl methyl sites for hydroxylation is 1. The Bertz CT molecular complexity index is 698. The summed E-state index contributed by atoms with van der Waals surface area (Å²) in [4.78, 5) is 22.9. The zero-order valence-electron chi connectivity index (χ0n) is 11.4. The number of carboxylic acid groups (broad SMARTS) is 1. The van der Waals surface area contributed by atoms with Gasteiger partial charge >= 0.3 is 5.97 Å². The van der Waals surface area contributed by atoms with Crippen molar-refractivity contribution in [1.29, 1.82) is 0 Å². The second-order valence-electron chi connectivity index (χ2n) is 4.71. The molecule has 21 heavy (non-hydrogen) atoms. The van der Waals surface area contributed by atoms with E-state index in [1.54, 1.807) is 30.3 Å². The van der Waals surface area contributed by atoms with Gasteiger partial charge in [0.2, 0.25) is 0 Å². The molecule has 0 fully saturated rings. The van der Waals surface area contributed by atoms with E-state index in [0.29, 0.717) is 16.8 Å². The molecule has 5 heteroatoms.